The molecular weight excluding hydrogens is 234 g/mol. The molecule has 0 aromatic carbocycles. The molecule has 0 aromatic rings. The first-order valence-corrected chi connectivity index (χ1v) is 5.09. The molecule has 0 rings (SSSR count). The van der Waals surface area contributed by atoms with E-state index in [1.54, 1.807) is 0 Å². The molecule has 0 aliphatic carbocycles. The van der Waals surface area contributed by atoms with Crippen molar-refractivity contribution in [2.75, 3.05) is 0 Å². The normalized spacial score (nSPS) is 12.9. The SMILES string of the molecule is O=P([O-])([O-])C(O)P(=O)([O-])[O-].[Ti+4]. The van der Waals surface area contributed by atoms with Crippen LogP contribution in [0.15, 0.2) is 0 Å². The van der Waals surface area contributed by atoms with Crippen molar-refractivity contribution in [3.8, 4) is 0 Å². The molecule has 0 aromatic heterocycles. The topological polar surface area (TPSA) is 147 Å². The van der Waals surface area contributed by atoms with Crippen LogP contribution in [-0.2, 0) is 30.8 Å². The van der Waals surface area contributed by atoms with Gasteiger partial charge < -0.3 is 33.8 Å². The van der Waals surface area contributed by atoms with E-state index in [1.807, 2.05) is 0 Å². The molecule has 0 heterocycles. The molecule has 0 fully saturated rings. The molecule has 0 radical (unpaired) electrons. The predicted molar refractivity (Wildman–Crippen MR) is 21.2 cm³/mol. The van der Waals surface area contributed by atoms with Gasteiger partial charge in [-0.1, -0.05) is 0 Å². The van der Waals surface area contributed by atoms with Gasteiger partial charge in [0, 0.05) is 0 Å². The number of rotatable bonds is 2. The Morgan fingerprint density at radius 3 is 1.18 bits per heavy atom. The zero-order valence-electron chi connectivity index (χ0n) is 4.87. The molecule has 0 unspecified atom stereocenters. The van der Waals surface area contributed by atoms with Crippen molar-refractivity contribution in [2.45, 2.75) is 5.59 Å². The van der Waals surface area contributed by atoms with Crippen LogP contribution in [0.25, 0.3) is 0 Å². The van der Waals surface area contributed by atoms with Gasteiger partial charge in [-0.25, -0.2) is 0 Å². The minimum absolute atomic E-state index is 0. The van der Waals surface area contributed by atoms with Crippen LogP contribution in [0.1, 0.15) is 0 Å². The monoisotopic (exact) mass is 236 g/mol. The van der Waals surface area contributed by atoms with Gasteiger partial charge in [-0.15, -0.1) is 0 Å². The Bertz CT molecular complexity index is 178. The van der Waals surface area contributed by atoms with E-state index in [0.29, 0.717) is 0 Å². The van der Waals surface area contributed by atoms with Crippen LogP contribution in [0.5, 0.6) is 0 Å². The fourth-order valence-electron chi connectivity index (χ4n) is 0.173. The van der Waals surface area contributed by atoms with Gasteiger partial charge in [-0.2, -0.15) is 0 Å². The molecule has 7 nitrogen and oxygen atoms in total. The van der Waals surface area contributed by atoms with E-state index in [0.717, 1.165) is 0 Å². The summed E-state index contributed by atoms with van der Waals surface area (Å²) >= 11 is 0. The predicted octanol–water partition coefficient (Wildman–Crippen LogP) is -3.91. The minimum Gasteiger partial charge on any atom is -0.809 e. The van der Waals surface area contributed by atoms with Crippen molar-refractivity contribution >= 4 is 15.2 Å². The molecule has 0 aliphatic heterocycles. The standard InChI is InChI=1S/CH6O7P2.Ti/c2-1(9(3,4)5)10(6,7)8;/h1-2H,(H2,3,4,5)(H2,6,7,8);/q;+4/p-4. The van der Waals surface area contributed by atoms with E-state index >= 15 is 0 Å². The van der Waals surface area contributed by atoms with Crippen LogP contribution in [0, 0.1) is 0 Å². The van der Waals surface area contributed by atoms with Crippen LogP contribution >= 0.6 is 15.2 Å². The third-order valence-corrected chi connectivity index (χ3v) is 3.39. The summed E-state index contributed by atoms with van der Waals surface area (Å²) < 4.78 is 19.3. The molecule has 0 atom stereocenters. The van der Waals surface area contributed by atoms with Gasteiger partial charge in [0.1, 0.15) is 5.59 Å². The Labute approximate surface area is 76.6 Å². The Morgan fingerprint density at radius 1 is 1.00 bits per heavy atom. The largest absolute Gasteiger partial charge is 4.00 e. The summed E-state index contributed by atoms with van der Waals surface area (Å²) in [7, 11) is -11.4. The summed E-state index contributed by atoms with van der Waals surface area (Å²) in [5.41, 5.74) is -3.35. The maximum absolute atomic E-state index is 9.63. The minimum atomic E-state index is -5.71. The van der Waals surface area contributed by atoms with Crippen molar-refractivity contribution in [3.05, 3.63) is 0 Å². The Hall–Kier alpha value is 0.974. The first-order valence-electron chi connectivity index (χ1n) is 1.87. The number of aliphatic hydroxyl groups is 1. The van der Waals surface area contributed by atoms with Crippen molar-refractivity contribution in [2.24, 2.45) is 0 Å². The Morgan fingerprint density at radius 2 is 1.18 bits per heavy atom. The van der Waals surface area contributed by atoms with Gasteiger partial charge in [0.15, 0.2) is 0 Å². The van der Waals surface area contributed by atoms with Crippen LogP contribution in [0.4, 0.5) is 0 Å². The molecule has 0 spiro atoms. The summed E-state index contributed by atoms with van der Waals surface area (Å²) in [5.74, 6) is 0. The molecule has 10 heteroatoms. The first-order chi connectivity index (χ1) is 4.15. The third kappa shape index (κ3) is 5.25. The Kier molecular flexibility index (Phi) is 5.64. The van der Waals surface area contributed by atoms with Crippen LogP contribution in [0.3, 0.4) is 0 Å². The molecule has 0 aliphatic rings. The molecule has 1 N–H and O–H groups in total. The van der Waals surface area contributed by atoms with Gasteiger partial charge in [-0.3, -0.25) is 0 Å². The van der Waals surface area contributed by atoms with Gasteiger partial charge in [0.25, 0.3) is 0 Å². The number of hydrogen-bond donors (Lipinski definition) is 1. The van der Waals surface area contributed by atoms with Gasteiger partial charge in [0.2, 0.25) is 0 Å². The average molecular weight is 236 g/mol. The summed E-state index contributed by atoms with van der Waals surface area (Å²) in [6, 6.07) is 0. The van der Waals surface area contributed by atoms with E-state index in [-0.39, 0.29) is 21.7 Å². The van der Waals surface area contributed by atoms with Crippen molar-refractivity contribution in [1.82, 2.24) is 0 Å². The first kappa shape index (κ1) is 14.5. The van der Waals surface area contributed by atoms with Crippen molar-refractivity contribution < 1.29 is 55.5 Å². The second kappa shape index (κ2) is 4.28. The summed E-state index contributed by atoms with van der Waals surface area (Å²) in [5, 5.41) is 7.95. The maximum atomic E-state index is 9.63. The summed E-state index contributed by atoms with van der Waals surface area (Å²) in [6.07, 6.45) is 0. The van der Waals surface area contributed by atoms with E-state index in [4.69, 9.17) is 5.11 Å². The molecule has 0 saturated carbocycles. The molecule has 11 heavy (non-hydrogen) atoms. The second-order valence-corrected chi connectivity index (χ2v) is 4.97. The molecule has 0 amide bonds. The molecule has 0 bridgehead atoms. The van der Waals surface area contributed by atoms with E-state index in [2.05, 4.69) is 0 Å². The molecular formula is CH2O7P2Ti. The fourth-order valence-corrected chi connectivity index (χ4v) is 1.56. The zero-order chi connectivity index (χ0) is 8.58. The van der Waals surface area contributed by atoms with Crippen molar-refractivity contribution in [3.63, 3.8) is 0 Å². The van der Waals surface area contributed by atoms with Crippen LogP contribution < -0.4 is 19.6 Å². The summed E-state index contributed by atoms with van der Waals surface area (Å²) in [4.78, 5) is 38.5. The van der Waals surface area contributed by atoms with Gasteiger partial charge in [-0.05, 0) is 15.2 Å². The quantitative estimate of drug-likeness (QED) is 0.380. The summed E-state index contributed by atoms with van der Waals surface area (Å²) in [6.45, 7) is 0. The van der Waals surface area contributed by atoms with Crippen molar-refractivity contribution in [1.29, 1.82) is 0 Å². The van der Waals surface area contributed by atoms with E-state index < -0.39 is 20.8 Å². The third-order valence-electron chi connectivity index (χ3n) is 0.566. The molecule has 0 saturated heterocycles. The fraction of sp³-hybridized carbons (Fsp3) is 1.00. The van der Waals surface area contributed by atoms with Crippen LogP contribution in [-0.4, -0.2) is 10.7 Å². The number of aliphatic hydroxyl groups excluding tert-OH is 1. The maximum Gasteiger partial charge on any atom is 4.00 e. The van der Waals surface area contributed by atoms with Crippen LogP contribution in [0.2, 0.25) is 0 Å². The van der Waals surface area contributed by atoms with E-state index in [9.17, 15) is 28.7 Å². The average Bonchev–Trinajstić information content (AvgIpc) is 1.59. The van der Waals surface area contributed by atoms with E-state index in [1.165, 1.54) is 0 Å². The Balaban J connectivity index is 0. The zero-order valence-corrected chi connectivity index (χ0v) is 8.22. The van der Waals surface area contributed by atoms with Gasteiger partial charge in [0.05, 0.1) is 0 Å². The second-order valence-electron chi connectivity index (χ2n) is 1.43. The number of hydrogen-bond acceptors (Lipinski definition) is 7. The molecule has 62 valence electrons. The van der Waals surface area contributed by atoms with Gasteiger partial charge >= 0.3 is 21.7 Å². The smallest absolute Gasteiger partial charge is 0.809 e.